The van der Waals surface area contributed by atoms with Gasteiger partial charge < -0.3 is 11.5 Å². The van der Waals surface area contributed by atoms with E-state index in [1.54, 1.807) is 0 Å². The number of nitrogens with two attached hydrogens (primary N) is 2. The third-order valence-electron chi connectivity index (χ3n) is 11.8. The molecule has 194 valence electrons. The molecule has 5 saturated carbocycles. The van der Waals surface area contributed by atoms with E-state index in [1.165, 1.54) is 116 Å². The van der Waals surface area contributed by atoms with Crippen molar-refractivity contribution in [3.63, 3.8) is 0 Å². The van der Waals surface area contributed by atoms with Crippen LogP contribution in [-0.4, -0.2) is 18.9 Å². The fourth-order valence-electron chi connectivity index (χ4n) is 10.00. The maximum absolute atomic E-state index is 14.2. The van der Waals surface area contributed by atoms with Crippen LogP contribution >= 0.6 is 0 Å². The molecule has 0 spiro atoms. The Bertz CT molecular complexity index is 606. The number of hydrogen-bond donors (Lipinski definition) is 2. The molecule has 5 aliphatic carbocycles. The molecule has 0 aromatic rings. The van der Waals surface area contributed by atoms with E-state index in [1.807, 2.05) is 0 Å². The Morgan fingerprint density at radius 2 is 0.882 bits per heavy atom. The third-order valence-corrected chi connectivity index (χ3v) is 11.8. The van der Waals surface area contributed by atoms with Crippen molar-refractivity contribution in [2.24, 2.45) is 70.6 Å². The van der Waals surface area contributed by atoms with Crippen molar-refractivity contribution >= 4 is 5.78 Å². The molecule has 0 aliphatic heterocycles. The molecule has 0 aromatic carbocycles. The third kappa shape index (κ3) is 5.61. The van der Waals surface area contributed by atoms with Crippen molar-refractivity contribution in [1.82, 2.24) is 0 Å². The fraction of sp³-hybridized carbons (Fsp3) is 0.968. The van der Waals surface area contributed by atoms with E-state index in [2.05, 4.69) is 0 Å². The SMILES string of the molecule is NCCC1CCCC(C2CCC3CCC4CCC(C5CCCC(CCN)C5)CC4C(=O)C3C2)C1. The summed E-state index contributed by atoms with van der Waals surface area (Å²) in [6, 6.07) is 0. The highest BCUT2D eigenvalue weighted by molar-refractivity contribution is 5.84. The van der Waals surface area contributed by atoms with Gasteiger partial charge in [0.25, 0.3) is 0 Å². The zero-order chi connectivity index (χ0) is 23.5. The molecule has 0 saturated heterocycles. The van der Waals surface area contributed by atoms with Gasteiger partial charge in [0.2, 0.25) is 0 Å². The average Bonchev–Trinajstić information content (AvgIpc) is 3.01. The molecule has 5 fully saturated rings. The van der Waals surface area contributed by atoms with Gasteiger partial charge in [0.1, 0.15) is 5.78 Å². The Balaban J connectivity index is 1.23. The minimum absolute atomic E-state index is 0.402. The molecule has 10 atom stereocenters. The number of carbonyl (C=O) groups excluding carboxylic acids is 1. The van der Waals surface area contributed by atoms with Crippen LogP contribution in [0.1, 0.15) is 116 Å². The number of hydrogen-bond acceptors (Lipinski definition) is 3. The molecule has 4 N–H and O–H groups in total. The lowest BCUT2D eigenvalue weighted by Gasteiger charge is -2.43. The zero-order valence-corrected chi connectivity index (χ0v) is 22.0. The molecular formula is C31H54N2O. The van der Waals surface area contributed by atoms with Crippen LogP contribution in [0.3, 0.4) is 0 Å². The molecule has 10 unspecified atom stereocenters. The molecular weight excluding hydrogens is 416 g/mol. The van der Waals surface area contributed by atoms with Gasteiger partial charge >= 0.3 is 0 Å². The largest absolute Gasteiger partial charge is 0.330 e. The summed E-state index contributed by atoms with van der Waals surface area (Å²) < 4.78 is 0. The van der Waals surface area contributed by atoms with Crippen LogP contribution < -0.4 is 11.5 Å². The normalized spacial score (nSPS) is 45.8. The predicted octanol–water partition coefficient (Wildman–Crippen LogP) is 6.72. The Hall–Kier alpha value is -0.410. The first-order valence-corrected chi connectivity index (χ1v) is 15.6. The molecule has 3 nitrogen and oxygen atoms in total. The van der Waals surface area contributed by atoms with Gasteiger partial charge in [-0.25, -0.2) is 0 Å². The molecule has 3 heteroatoms. The van der Waals surface area contributed by atoms with Crippen LogP contribution in [-0.2, 0) is 4.79 Å². The Morgan fingerprint density at radius 3 is 1.29 bits per heavy atom. The van der Waals surface area contributed by atoms with Gasteiger partial charge in [0, 0.05) is 11.8 Å². The smallest absolute Gasteiger partial charge is 0.139 e. The lowest BCUT2D eigenvalue weighted by Crippen LogP contribution is -2.40. The van der Waals surface area contributed by atoms with Crippen molar-refractivity contribution in [2.45, 2.75) is 116 Å². The summed E-state index contributed by atoms with van der Waals surface area (Å²) in [4.78, 5) is 14.2. The second-order valence-corrected chi connectivity index (χ2v) is 13.6. The van der Waals surface area contributed by atoms with Crippen LogP contribution in [0.15, 0.2) is 0 Å². The van der Waals surface area contributed by atoms with Crippen LogP contribution in [0.5, 0.6) is 0 Å². The summed E-state index contributed by atoms with van der Waals surface area (Å²) in [7, 11) is 0. The van der Waals surface area contributed by atoms with Gasteiger partial charge in [-0.2, -0.15) is 0 Å². The van der Waals surface area contributed by atoms with E-state index in [-0.39, 0.29) is 0 Å². The summed E-state index contributed by atoms with van der Waals surface area (Å²) in [5.41, 5.74) is 11.8. The lowest BCUT2D eigenvalue weighted by atomic mass is 9.61. The van der Waals surface area contributed by atoms with Crippen LogP contribution in [0.25, 0.3) is 0 Å². The summed E-state index contributed by atoms with van der Waals surface area (Å²) >= 11 is 0. The molecule has 5 aliphatic rings. The van der Waals surface area contributed by atoms with E-state index in [4.69, 9.17) is 11.5 Å². The molecule has 34 heavy (non-hydrogen) atoms. The van der Waals surface area contributed by atoms with Gasteiger partial charge in [0.15, 0.2) is 0 Å². The number of rotatable bonds is 6. The predicted molar refractivity (Wildman–Crippen MR) is 141 cm³/mol. The number of Topliss-reactive ketones (excluding diaryl/α,β-unsaturated/α-hetero) is 1. The van der Waals surface area contributed by atoms with Gasteiger partial charge in [-0.3, -0.25) is 4.79 Å². The monoisotopic (exact) mass is 470 g/mol. The maximum Gasteiger partial charge on any atom is 0.139 e. The van der Waals surface area contributed by atoms with E-state index in [9.17, 15) is 4.79 Å². The number of carbonyl (C=O) groups is 1. The minimum Gasteiger partial charge on any atom is -0.330 e. The maximum atomic E-state index is 14.2. The van der Waals surface area contributed by atoms with Crippen molar-refractivity contribution < 1.29 is 4.79 Å². The second kappa shape index (κ2) is 11.8. The van der Waals surface area contributed by atoms with Crippen LogP contribution in [0.2, 0.25) is 0 Å². The van der Waals surface area contributed by atoms with Crippen LogP contribution in [0.4, 0.5) is 0 Å². The van der Waals surface area contributed by atoms with Crippen LogP contribution in [0, 0.1) is 59.2 Å². The quantitative estimate of drug-likeness (QED) is 0.452. The highest BCUT2D eigenvalue weighted by atomic mass is 16.1. The molecule has 0 amide bonds. The summed E-state index contributed by atoms with van der Waals surface area (Å²) in [5.74, 6) is 8.05. The molecule has 0 bridgehead atoms. The van der Waals surface area contributed by atoms with Crippen molar-refractivity contribution in [1.29, 1.82) is 0 Å². The Kier molecular flexibility index (Phi) is 8.73. The molecule has 5 rings (SSSR count). The first-order chi connectivity index (χ1) is 16.7. The van der Waals surface area contributed by atoms with E-state index in [0.29, 0.717) is 23.7 Å². The Morgan fingerprint density at radius 1 is 0.500 bits per heavy atom. The van der Waals surface area contributed by atoms with Gasteiger partial charge in [-0.05, 0) is 137 Å². The lowest BCUT2D eigenvalue weighted by molar-refractivity contribution is -0.133. The van der Waals surface area contributed by atoms with Gasteiger partial charge in [-0.1, -0.05) is 38.5 Å². The molecule has 0 heterocycles. The van der Waals surface area contributed by atoms with Gasteiger partial charge in [-0.15, -0.1) is 0 Å². The summed E-state index contributed by atoms with van der Waals surface area (Å²) in [6.07, 6.45) is 24.3. The number of ketones is 1. The summed E-state index contributed by atoms with van der Waals surface area (Å²) in [5, 5.41) is 0. The minimum atomic E-state index is 0.402. The number of fused-ring (bicyclic) bond motifs is 2. The fourth-order valence-corrected chi connectivity index (χ4v) is 10.00. The average molecular weight is 471 g/mol. The zero-order valence-electron chi connectivity index (χ0n) is 22.0. The molecule has 0 aromatic heterocycles. The van der Waals surface area contributed by atoms with Crippen molar-refractivity contribution in [3.05, 3.63) is 0 Å². The van der Waals surface area contributed by atoms with Gasteiger partial charge in [0.05, 0.1) is 0 Å². The van der Waals surface area contributed by atoms with Crippen molar-refractivity contribution in [3.8, 4) is 0 Å². The Labute approximate surface area is 209 Å². The first kappa shape index (κ1) is 25.2. The van der Waals surface area contributed by atoms with Crippen molar-refractivity contribution in [2.75, 3.05) is 13.1 Å². The van der Waals surface area contributed by atoms with E-state index in [0.717, 1.165) is 54.4 Å². The highest BCUT2D eigenvalue weighted by Gasteiger charge is 2.47. The van der Waals surface area contributed by atoms with E-state index < -0.39 is 0 Å². The highest BCUT2D eigenvalue weighted by Crippen LogP contribution is 2.52. The second-order valence-electron chi connectivity index (χ2n) is 13.6. The molecule has 0 radical (unpaired) electrons. The summed E-state index contributed by atoms with van der Waals surface area (Å²) in [6.45, 7) is 1.70. The topological polar surface area (TPSA) is 69.1 Å². The van der Waals surface area contributed by atoms with E-state index >= 15 is 0 Å². The standard InChI is InChI=1S/C31H54N2O/c32-15-13-21-3-1-5-25(17-21)27-11-9-23-7-8-24-10-12-28(20-30(24)31(34)29(23)19-27)26-6-2-4-22(18-26)14-16-33/h21-30H,1-20,32-33H2. The first-order valence-electron chi connectivity index (χ1n) is 15.6.